The summed E-state index contributed by atoms with van der Waals surface area (Å²) in [5, 5.41) is 19.6. The fraction of sp³-hybridized carbons (Fsp3) is 0.760. The van der Waals surface area contributed by atoms with E-state index in [1.807, 2.05) is 12.2 Å². The lowest BCUT2D eigenvalue weighted by Crippen LogP contribution is -2.41. The number of carbonyl (C=O) groups excluding carboxylic acids is 1. The molecule has 3 aliphatic rings. The van der Waals surface area contributed by atoms with Gasteiger partial charge in [-0.2, -0.15) is 0 Å². The second-order valence-corrected chi connectivity index (χ2v) is 9.66. The zero-order valence-corrected chi connectivity index (χ0v) is 18.3. The summed E-state index contributed by atoms with van der Waals surface area (Å²) in [7, 11) is 1.66. The fourth-order valence-corrected chi connectivity index (χ4v) is 5.29. The maximum Gasteiger partial charge on any atom is 0.303 e. The topological polar surface area (TPSA) is 83.8 Å². The predicted octanol–water partition coefficient (Wildman–Crippen LogP) is 4.69. The van der Waals surface area contributed by atoms with Gasteiger partial charge in [0, 0.05) is 31.8 Å². The third kappa shape index (κ3) is 6.04. The summed E-state index contributed by atoms with van der Waals surface area (Å²) < 4.78 is 5.59. The predicted molar refractivity (Wildman–Crippen MR) is 116 cm³/mol. The van der Waals surface area contributed by atoms with E-state index in [2.05, 4.69) is 12.2 Å². The lowest BCUT2D eigenvalue weighted by atomic mass is 9.61. The number of aliphatic carboxylic acids is 1. The number of hydrogen-bond acceptors (Lipinski definition) is 4. The maximum atomic E-state index is 12.5. The van der Waals surface area contributed by atoms with Gasteiger partial charge in [0.05, 0.1) is 12.2 Å². The molecule has 3 rings (SSSR count). The third-order valence-electron chi connectivity index (χ3n) is 7.50. The van der Waals surface area contributed by atoms with Gasteiger partial charge in [-0.05, 0) is 56.3 Å². The standard InChI is InChI=1S/C25H38O5/c1-30-22-16-21(26)19(8-4-2-3-5-11-24(28)29)20(22)9-6-10-23(27)25(14-7-15-25)17-18-12-13-18/h2,4,6,9,18-20,22-23,27H,3,5,7-8,10-17H2,1H3,(H,28,29)/t19-,20-,22-,23?/m1/s1. The number of methoxy groups -OCH3 is 1. The molecular weight excluding hydrogens is 380 g/mol. The number of aliphatic hydroxyl groups is 1. The van der Waals surface area contributed by atoms with Gasteiger partial charge in [-0.3, -0.25) is 9.59 Å². The van der Waals surface area contributed by atoms with Gasteiger partial charge in [-0.25, -0.2) is 0 Å². The number of rotatable bonds is 13. The molecule has 0 aromatic carbocycles. The Balaban J connectivity index is 1.52. The van der Waals surface area contributed by atoms with Crippen molar-refractivity contribution in [1.29, 1.82) is 0 Å². The highest BCUT2D eigenvalue weighted by Gasteiger charge is 2.46. The van der Waals surface area contributed by atoms with Crippen molar-refractivity contribution in [1.82, 2.24) is 0 Å². The lowest BCUT2D eigenvalue weighted by molar-refractivity contribution is -0.137. The molecule has 0 aromatic rings. The first kappa shape index (κ1) is 23.2. The molecule has 2 N–H and O–H groups in total. The highest BCUT2D eigenvalue weighted by Crippen LogP contribution is 2.53. The zero-order valence-electron chi connectivity index (χ0n) is 18.3. The molecule has 3 fully saturated rings. The Morgan fingerprint density at radius 1 is 1.27 bits per heavy atom. The number of allylic oxidation sites excluding steroid dienone is 2. The molecule has 30 heavy (non-hydrogen) atoms. The average molecular weight is 419 g/mol. The van der Waals surface area contributed by atoms with Crippen LogP contribution in [0.5, 0.6) is 0 Å². The number of ketones is 1. The van der Waals surface area contributed by atoms with Gasteiger partial charge in [-0.1, -0.05) is 43.6 Å². The molecule has 4 atom stereocenters. The minimum Gasteiger partial charge on any atom is -0.481 e. The van der Waals surface area contributed by atoms with E-state index < -0.39 is 5.97 Å². The molecule has 0 bridgehead atoms. The number of Topliss-reactive ketones (excluding diaryl/α,β-unsaturated/α-hetero) is 1. The Labute approximate surface area is 180 Å². The van der Waals surface area contributed by atoms with E-state index in [0.29, 0.717) is 25.7 Å². The SMILES string of the molecule is CO[C@@H]1CC(=O)[C@H](CC=CCCCC(=O)O)[C@H]1C=CCC(O)C1(CC2CC2)CCC1. The van der Waals surface area contributed by atoms with E-state index in [1.165, 1.54) is 25.7 Å². The summed E-state index contributed by atoms with van der Waals surface area (Å²) in [4.78, 5) is 23.1. The molecule has 5 nitrogen and oxygen atoms in total. The molecule has 0 heterocycles. The summed E-state index contributed by atoms with van der Waals surface area (Å²) in [5.74, 6) is 0.241. The molecule has 0 aromatic heterocycles. The van der Waals surface area contributed by atoms with Gasteiger partial charge in [0.15, 0.2) is 0 Å². The molecular formula is C25H38O5. The lowest BCUT2D eigenvalue weighted by Gasteiger charge is -2.46. The van der Waals surface area contributed by atoms with Crippen molar-refractivity contribution < 1.29 is 24.5 Å². The van der Waals surface area contributed by atoms with Crippen LogP contribution in [0, 0.1) is 23.2 Å². The summed E-state index contributed by atoms with van der Waals surface area (Å²) in [6, 6.07) is 0. The quantitative estimate of drug-likeness (QED) is 0.335. The van der Waals surface area contributed by atoms with E-state index in [-0.39, 0.29) is 41.7 Å². The zero-order chi connectivity index (χ0) is 21.6. The third-order valence-corrected chi connectivity index (χ3v) is 7.50. The monoisotopic (exact) mass is 418 g/mol. The van der Waals surface area contributed by atoms with Crippen LogP contribution in [-0.4, -0.2) is 41.3 Å². The first-order valence-electron chi connectivity index (χ1n) is 11.7. The number of unbranched alkanes of at least 4 members (excludes halogenated alkanes) is 1. The molecule has 3 saturated carbocycles. The second-order valence-electron chi connectivity index (χ2n) is 9.66. The summed E-state index contributed by atoms with van der Waals surface area (Å²) in [6.45, 7) is 0. The van der Waals surface area contributed by atoms with Gasteiger partial charge in [0.1, 0.15) is 5.78 Å². The van der Waals surface area contributed by atoms with Crippen molar-refractivity contribution in [2.45, 2.75) is 89.3 Å². The number of hydrogen-bond donors (Lipinski definition) is 2. The normalized spacial score (nSPS) is 29.5. The summed E-state index contributed by atoms with van der Waals surface area (Å²) in [6.07, 6.45) is 18.4. The number of carboxylic acid groups (broad SMARTS) is 1. The number of ether oxygens (including phenoxy) is 1. The van der Waals surface area contributed by atoms with Crippen LogP contribution < -0.4 is 0 Å². The maximum absolute atomic E-state index is 12.5. The molecule has 168 valence electrons. The Bertz CT molecular complexity index is 644. The molecule has 0 amide bonds. The van der Waals surface area contributed by atoms with Crippen molar-refractivity contribution >= 4 is 11.8 Å². The first-order chi connectivity index (χ1) is 14.4. The van der Waals surface area contributed by atoms with Crippen molar-refractivity contribution in [3.63, 3.8) is 0 Å². The Morgan fingerprint density at radius 2 is 2.03 bits per heavy atom. The minimum absolute atomic E-state index is 0.0409. The van der Waals surface area contributed by atoms with Gasteiger partial charge in [0.25, 0.3) is 0 Å². The first-order valence-corrected chi connectivity index (χ1v) is 11.7. The van der Waals surface area contributed by atoms with E-state index in [0.717, 1.165) is 25.2 Å². The van der Waals surface area contributed by atoms with E-state index in [9.17, 15) is 14.7 Å². The molecule has 5 heteroatoms. The smallest absolute Gasteiger partial charge is 0.303 e. The summed E-state index contributed by atoms with van der Waals surface area (Å²) >= 11 is 0. The molecule has 0 aliphatic heterocycles. The van der Waals surface area contributed by atoms with Crippen LogP contribution in [0.1, 0.15) is 77.0 Å². The van der Waals surface area contributed by atoms with Crippen LogP contribution in [-0.2, 0) is 14.3 Å². The Kier molecular flexibility index (Phi) is 8.29. The van der Waals surface area contributed by atoms with Crippen LogP contribution in [0.25, 0.3) is 0 Å². The van der Waals surface area contributed by atoms with Crippen LogP contribution in [0.2, 0.25) is 0 Å². The molecule has 3 aliphatic carbocycles. The Hall–Kier alpha value is -1.46. The second kappa shape index (κ2) is 10.7. The highest BCUT2D eigenvalue weighted by atomic mass is 16.5. The van der Waals surface area contributed by atoms with Crippen LogP contribution in [0.15, 0.2) is 24.3 Å². The van der Waals surface area contributed by atoms with Crippen LogP contribution in [0.4, 0.5) is 0 Å². The highest BCUT2D eigenvalue weighted by molar-refractivity contribution is 5.84. The number of aliphatic hydroxyl groups excluding tert-OH is 1. The molecule has 0 spiro atoms. The molecule has 1 unspecified atom stereocenters. The van der Waals surface area contributed by atoms with Crippen molar-refractivity contribution in [2.24, 2.45) is 23.2 Å². The van der Waals surface area contributed by atoms with Crippen molar-refractivity contribution in [3.8, 4) is 0 Å². The molecule has 0 saturated heterocycles. The van der Waals surface area contributed by atoms with Crippen LogP contribution >= 0.6 is 0 Å². The van der Waals surface area contributed by atoms with E-state index in [1.54, 1.807) is 7.11 Å². The number of carbonyl (C=O) groups is 2. The van der Waals surface area contributed by atoms with Gasteiger partial charge >= 0.3 is 5.97 Å². The largest absolute Gasteiger partial charge is 0.481 e. The van der Waals surface area contributed by atoms with Crippen LogP contribution in [0.3, 0.4) is 0 Å². The molecule has 0 radical (unpaired) electrons. The van der Waals surface area contributed by atoms with E-state index >= 15 is 0 Å². The summed E-state index contributed by atoms with van der Waals surface area (Å²) in [5.41, 5.74) is 0.135. The van der Waals surface area contributed by atoms with Gasteiger partial charge in [0.2, 0.25) is 0 Å². The van der Waals surface area contributed by atoms with Gasteiger partial charge in [-0.15, -0.1) is 0 Å². The average Bonchev–Trinajstić information content (AvgIpc) is 3.45. The fourth-order valence-electron chi connectivity index (χ4n) is 5.29. The van der Waals surface area contributed by atoms with E-state index in [4.69, 9.17) is 9.84 Å². The minimum atomic E-state index is -0.773. The number of carboxylic acids is 1. The van der Waals surface area contributed by atoms with Crippen molar-refractivity contribution in [3.05, 3.63) is 24.3 Å². The van der Waals surface area contributed by atoms with Crippen molar-refractivity contribution in [2.75, 3.05) is 7.11 Å². The Morgan fingerprint density at radius 3 is 2.63 bits per heavy atom. The van der Waals surface area contributed by atoms with Gasteiger partial charge < -0.3 is 14.9 Å².